The molecule has 1 saturated carbocycles. The fourth-order valence-electron chi connectivity index (χ4n) is 3.82. The first-order valence-electron chi connectivity index (χ1n) is 9.08. The van der Waals surface area contributed by atoms with Crippen LogP contribution in [0.4, 0.5) is 0 Å². The third kappa shape index (κ3) is 3.21. The number of benzene rings is 1. The Hall–Kier alpha value is -2.14. The lowest BCUT2D eigenvalue weighted by molar-refractivity contribution is -0.135. The molecule has 0 spiro atoms. The van der Waals surface area contributed by atoms with E-state index >= 15 is 0 Å². The summed E-state index contributed by atoms with van der Waals surface area (Å²) in [7, 11) is 0. The summed E-state index contributed by atoms with van der Waals surface area (Å²) in [4.78, 5) is 17.5. The summed E-state index contributed by atoms with van der Waals surface area (Å²) in [6.45, 7) is 8.15. The number of carbonyl (C=O) groups excluding carboxylic acids is 1. The van der Waals surface area contributed by atoms with Crippen LogP contribution in [0.15, 0.2) is 34.9 Å². The van der Waals surface area contributed by atoms with E-state index in [0.29, 0.717) is 5.91 Å². The number of nitrogens with zero attached hydrogens (tertiary/aromatic N) is 3. The Morgan fingerprint density at radius 3 is 2.52 bits per heavy atom. The molecule has 1 aromatic heterocycles. The van der Waals surface area contributed by atoms with E-state index in [1.54, 1.807) is 0 Å². The second-order valence-electron chi connectivity index (χ2n) is 7.45. The summed E-state index contributed by atoms with van der Waals surface area (Å²) in [6.07, 6.45) is 1.96. The molecule has 0 radical (unpaired) electrons. The second-order valence-corrected chi connectivity index (χ2v) is 7.45. The normalized spacial score (nSPS) is 19.8. The zero-order valence-electron chi connectivity index (χ0n) is 15.0. The fraction of sp³-hybridized carbons (Fsp3) is 0.500. The summed E-state index contributed by atoms with van der Waals surface area (Å²) >= 11 is 0. The highest BCUT2D eigenvalue weighted by molar-refractivity contribution is 5.91. The molecule has 1 aliphatic carbocycles. The largest absolute Gasteiger partial charge is 0.360 e. The first kappa shape index (κ1) is 16.3. The van der Waals surface area contributed by atoms with Gasteiger partial charge in [0.1, 0.15) is 0 Å². The van der Waals surface area contributed by atoms with Gasteiger partial charge in [-0.2, -0.15) is 0 Å². The number of carbonyl (C=O) groups is 1. The molecule has 0 bridgehead atoms. The zero-order chi connectivity index (χ0) is 17.4. The van der Waals surface area contributed by atoms with Gasteiger partial charge in [0.25, 0.3) is 0 Å². The lowest BCUT2D eigenvalue weighted by atomic mass is 9.92. The van der Waals surface area contributed by atoms with Crippen molar-refractivity contribution in [1.82, 2.24) is 15.0 Å². The van der Waals surface area contributed by atoms with Gasteiger partial charge in [0.2, 0.25) is 5.91 Å². The van der Waals surface area contributed by atoms with Crippen molar-refractivity contribution in [3.8, 4) is 0 Å². The Morgan fingerprint density at radius 1 is 1.16 bits per heavy atom. The molecule has 4 rings (SSSR count). The molecule has 1 aliphatic heterocycles. The van der Waals surface area contributed by atoms with Crippen LogP contribution in [-0.4, -0.2) is 47.0 Å². The maximum atomic E-state index is 13.1. The maximum absolute atomic E-state index is 13.1. The van der Waals surface area contributed by atoms with Crippen LogP contribution in [-0.2, 0) is 16.8 Å². The Balaban J connectivity index is 1.38. The summed E-state index contributed by atoms with van der Waals surface area (Å²) in [5.41, 5.74) is 3.08. The molecule has 5 nitrogen and oxygen atoms in total. The number of piperazine rings is 1. The van der Waals surface area contributed by atoms with Crippen molar-refractivity contribution >= 4 is 5.91 Å². The summed E-state index contributed by atoms with van der Waals surface area (Å²) < 4.78 is 5.30. The van der Waals surface area contributed by atoms with Gasteiger partial charge in [-0.3, -0.25) is 9.69 Å². The number of hydrogen-bond acceptors (Lipinski definition) is 4. The van der Waals surface area contributed by atoms with E-state index in [1.807, 2.05) is 13.0 Å². The van der Waals surface area contributed by atoms with Crippen LogP contribution >= 0.6 is 0 Å². The highest BCUT2D eigenvalue weighted by atomic mass is 16.5. The summed E-state index contributed by atoms with van der Waals surface area (Å²) in [5, 5.41) is 3.94. The van der Waals surface area contributed by atoms with Crippen molar-refractivity contribution in [2.75, 3.05) is 26.2 Å². The van der Waals surface area contributed by atoms with Crippen LogP contribution in [0.25, 0.3) is 0 Å². The van der Waals surface area contributed by atoms with Crippen LogP contribution in [0, 0.1) is 13.8 Å². The van der Waals surface area contributed by atoms with Crippen molar-refractivity contribution in [2.45, 2.75) is 38.6 Å². The average Bonchev–Trinajstić information content (AvgIpc) is 3.33. The molecule has 25 heavy (non-hydrogen) atoms. The summed E-state index contributed by atoms with van der Waals surface area (Å²) in [5.74, 6) is 1.21. The molecular weight excluding hydrogens is 314 g/mol. The molecule has 2 aromatic rings. The first-order valence-corrected chi connectivity index (χ1v) is 9.08. The minimum absolute atomic E-state index is 0.254. The number of aryl methyl sites for hydroxylation is 2. The van der Waals surface area contributed by atoms with Crippen molar-refractivity contribution in [3.63, 3.8) is 0 Å². The van der Waals surface area contributed by atoms with E-state index in [4.69, 9.17) is 4.52 Å². The van der Waals surface area contributed by atoms with Gasteiger partial charge in [0.15, 0.2) is 5.76 Å². The molecule has 2 fully saturated rings. The van der Waals surface area contributed by atoms with Gasteiger partial charge in [-0.25, -0.2) is 0 Å². The second kappa shape index (κ2) is 6.30. The van der Waals surface area contributed by atoms with E-state index < -0.39 is 0 Å². The fourth-order valence-corrected chi connectivity index (χ4v) is 3.82. The van der Waals surface area contributed by atoms with Gasteiger partial charge < -0.3 is 9.42 Å². The Morgan fingerprint density at radius 2 is 1.92 bits per heavy atom. The smallest absolute Gasteiger partial charge is 0.233 e. The standard InChI is InChI=1S/C20H25N3O2/c1-15-4-3-5-17(12-15)20(6-7-20)19(24)23-10-8-22(9-11-23)14-18-13-16(2)21-25-18/h3-5,12-13H,6-11,14H2,1-2H3. The van der Waals surface area contributed by atoms with Crippen molar-refractivity contribution in [3.05, 3.63) is 52.9 Å². The van der Waals surface area contributed by atoms with E-state index in [2.05, 4.69) is 46.1 Å². The van der Waals surface area contributed by atoms with E-state index in [0.717, 1.165) is 57.0 Å². The number of hydrogen-bond donors (Lipinski definition) is 0. The minimum Gasteiger partial charge on any atom is -0.360 e. The summed E-state index contributed by atoms with van der Waals surface area (Å²) in [6, 6.07) is 10.4. The molecule has 0 unspecified atom stereocenters. The number of amides is 1. The third-order valence-corrected chi connectivity index (χ3v) is 5.45. The molecule has 2 heterocycles. The van der Waals surface area contributed by atoms with Gasteiger partial charge in [-0.15, -0.1) is 0 Å². The highest BCUT2D eigenvalue weighted by Gasteiger charge is 2.53. The molecule has 0 atom stereocenters. The Labute approximate surface area is 148 Å². The predicted octanol–water partition coefficient (Wildman–Crippen LogP) is 2.67. The molecule has 2 aliphatic rings. The average molecular weight is 339 g/mol. The molecule has 1 amide bonds. The molecule has 0 N–H and O–H groups in total. The van der Waals surface area contributed by atoms with E-state index in [9.17, 15) is 4.79 Å². The third-order valence-electron chi connectivity index (χ3n) is 5.45. The van der Waals surface area contributed by atoms with Gasteiger partial charge >= 0.3 is 0 Å². The first-order chi connectivity index (χ1) is 12.1. The van der Waals surface area contributed by atoms with Crippen molar-refractivity contribution in [2.24, 2.45) is 0 Å². The van der Waals surface area contributed by atoms with Crippen LogP contribution in [0.3, 0.4) is 0 Å². The maximum Gasteiger partial charge on any atom is 0.233 e. The molecule has 132 valence electrons. The van der Waals surface area contributed by atoms with Gasteiger partial charge in [-0.05, 0) is 32.3 Å². The minimum atomic E-state index is -0.254. The number of rotatable bonds is 4. The predicted molar refractivity (Wildman–Crippen MR) is 95.2 cm³/mol. The quantitative estimate of drug-likeness (QED) is 0.859. The Kier molecular flexibility index (Phi) is 4.12. The van der Waals surface area contributed by atoms with Gasteiger partial charge in [0.05, 0.1) is 17.7 Å². The van der Waals surface area contributed by atoms with Crippen LogP contribution in [0.2, 0.25) is 0 Å². The number of aromatic nitrogens is 1. The SMILES string of the molecule is Cc1cccc(C2(C(=O)N3CCN(Cc4cc(C)no4)CC3)CC2)c1. The van der Waals surface area contributed by atoms with Crippen LogP contribution < -0.4 is 0 Å². The van der Waals surface area contributed by atoms with Crippen LogP contribution in [0.5, 0.6) is 0 Å². The topological polar surface area (TPSA) is 49.6 Å². The van der Waals surface area contributed by atoms with Crippen LogP contribution in [0.1, 0.15) is 35.4 Å². The van der Waals surface area contributed by atoms with Gasteiger partial charge in [0, 0.05) is 32.2 Å². The molecular formula is C20H25N3O2. The lowest BCUT2D eigenvalue weighted by Crippen LogP contribution is -2.51. The lowest BCUT2D eigenvalue weighted by Gasteiger charge is -2.36. The molecule has 1 aromatic carbocycles. The molecule has 5 heteroatoms. The van der Waals surface area contributed by atoms with Crippen molar-refractivity contribution < 1.29 is 9.32 Å². The van der Waals surface area contributed by atoms with Crippen molar-refractivity contribution in [1.29, 1.82) is 0 Å². The zero-order valence-corrected chi connectivity index (χ0v) is 15.0. The monoisotopic (exact) mass is 339 g/mol. The highest BCUT2D eigenvalue weighted by Crippen LogP contribution is 2.49. The Bertz CT molecular complexity index is 771. The van der Waals surface area contributed by atoms with Gasteiger partial charge in [-0.1, -0.05) is 35.0 Å². The molecule has 1 saturated heterocycles. The van der Waals surface area contributed by atoms with E-state index in [-0.39, 0.29) is 5.41 Å². The van der Waals surface area contributed by atoms with E-state index in [1.165, 1.54) is 11.1 Å².